The Morgan fingerprint density at radius 3 is 2.76 bits per heavy atom. The number of aromatic nitrogens is 1. The number of carbonyl (C=O) groups is 2. The van der Waals surface area contributed by atoms with Gasteiger partial charge in [-0.1, -0.05) is 36.4 Å². The Morgan fingerprint density at radius 2 is 2.00 bits per heavy atom. The number of nitrogens with zero attached hydrogens (tertiary/aromatic N) is 2. The molecule has 130 valence electrons. The molecular formula is C19H21N3O3. The molecular weight excluding hydrogens is 318 g/mol. The van der Waals surface area contributed by atoms with Gasteiger partial charge in [-0.25, -0.2) is 0 Å². The Balaban J connectivity index is 1.59. The first-order valence-electron chi connectivity index (χ1n) is 8.33. The van der Waals surface area contributed by atoms with Crippen molar-refractivity contribution in [3.63, 3.8) is 0 Å². The van der Waals surface area contributed by atoms with Gasteiger partial charge in [0.05, 0.1) is 6.61 Å². The number of amides is 2. The van der Waals surface area contributed by atoms with E-state index in [9.17, 15) is 9.59 Å². The quantitative estimate of drug-likeness (QED) is 0.857. The van der Waals surface area contributed by atoms with Crippen LogP contribution in [-0.2, 0) is 27.3 Å². The van der Waals surface area contributed by atoms with E-state index in [4.69, 9.17) is 4.74 Å². The van der Waals surface area contributed by atoms with E-state index in [-0.39, 0.29) is 25.0 Å². The van der Waals surface area contributed by atoms with Gasteiger partial charge in [0, 0.05) is 31.4 Å². The molecule has 0 radical (unpaired) electrons. The third-order valence-electron chi connectivity index (χ3n) is 4.10. The van der Waals surface area contributed by atoms with Crippen molar-refractivity contribution in [1.29, 1.82) is 0 Å². The average molecular weight is 339 g/mol. The molecule has 25 heavy (non-hydrogen) atoms. The second-order valence-electron chi connectivity index (χ2n) is 5.90. The number of hydrogen-bond donors (Lipinski definition) is 1. The van der Waals surface area contributed by atoms with Gasteiger partial charge >= 0.3 is 0 Å². The van der Waals surface area contributed by atoms with Crippen molar-refractivity contribution in [2.24, 2.45) is 0 Å². The second kappa shape index (κ2) is 8.39. The Hall–Kier alpha value is -2.73. The molecule has 1 atom stereocenters. The first-order valence-corrected chi connectivity index (χ1v) is 8.33. The lowest BCUT2D eigenvalue weighted by molar-refractivity contribution is -0.155. The van der Waals surface area contributed by atoms with Gasteiger partial charge in [0.1, 0.15) is 12.6 Å². The van der Waals surface area contributed by atoms with Gasteiger partial charge < -0.3 is 15.0 Å². The van der Waals surface area contributed by atoms with Crippen molar-refractivity contribution in [2.75, 3.05) is 19.8 Å². The molecule has 1 aromatic carbocycles. The third kappa shape index (κ3) is 4.64. The zero-order chi connectivity index (χ0) is 17.5. The maximum atomic E-state index is 12.5. The van der Waals surface area contributed by atoms with E-state index in [1.807, 2.05) is 48.5 Å². The van der Waals surface area contributed by atoms with Crippen molar-refractivity contribution < 1.29 is 14.3 Å². The molecule has 1 aliphatic rings. The SMILES string of the molecule is O=C(NCCc1ccccn1)C1COCC(=O)N1Cc1ccccc1. The van der Waals surface area contributed by atoms with Crippen molar-refractivity contribution >= 4 is 11.8 Å². The smallest absolute Gasteiger partial charge is 0.249 e. The summed E-state index contributed by atoms with van der Waals surface area (Å²) in [6.07, 6.45) is 2.37. The Bertz CT molecular complexity index is 706. The molecule has 0 bridgehead atoms. The zero-order valence-electron chi connectivity index (χ0n) is 13.9. The fourth-order valence-corrected chi connectivity index (χ4v) is 2.78. The van der Waals surface area contributed by atoms with E-state index in [0.717, 1.165) is 11.3 Å². The van der Waals surface area contributed by atoms with Gasteiger partial charge in [-0.2, -0.15) is 0 Å². The predicted molar refractivity (Wildman–Crippen MR) is 92.5 cm³/mol. The fraction of sp³-hybridized carbons (Fsp3) is 0.316. The van der Waals surface area contributed by atoms with Gasteiger partial charge in [-0.05, 0) is 17.7 Å². The number of hydrogen-bond acceptors (Lipinski definition) is 4. The van der Waals surface area contributed by atoms with Crippen LogP contribution in [0.5, 0.6) is 0 Å². The number of ether oxygens (including phenoxy) is 1. The number of benzene rings is 1. The van der Waals surface area contributed by atoms with E-state index < -0.39 is 6.04 Å². The van der Waals surface area contributed by atoms with Gasteiger partial charge in [0.25, 0.3) is 0 Å². The van der Waals surface area contributed by atoms with E-state index in [0.29, 0.717) is 19.5 Å². The van der Waals surface area contributed by atoms with Crippen molar-refractivity contribution in [3.8, 4) is 0 Å². The molecule has 6 heteroatoms. The molecule has 1 aliphatic heterocycles. The number of pyridine rings is 1. The van der Waals surface area contributed by atoms with Crippen LogP contribution in [-0.4, -0.2) is 47.5 Å². The molecule has 1 saturated heterocycles. The third-order valence-corrected chi connectivity index (χ3v) is 4.10. The van der Waals surface area contributed by atoms with Crippen LogP contribution in [0.1, 0.15) is 11.3 Å². The summed E-state index contributed by atoms with van der Waals surface area (Å²) in [5.41, 5.74) is 1.91. The molecule has 2 aromatic rings. The zero-order valence-corrected chi connectivity index (χ0v) is 13.9. The summed E-state index contributed by atoms with van der Waals surface area (Å²) in [6.45, 7) is 1.11. The van der Waals surface area contributed by atoms with Crippen LogP contribution in [0, 0.1) is 0 Å². The monoisotopic (exact) mass is 339 g/mol. The lowest BCUT2D eigenvalue weighted by atomic mass is 10.1. The topological polar surface area (TPSA) is 71.5 Å². The Morgan fingerprint density at radius 1 is 1.20 bits per heavy atom. The van der Waals surface area contributed by atoms with Crippen LogP contribution < -0.4 is 5.32 Å². The van der Waals surface area contributed by atoms with Crippen LogP contribution >= 0.6 is 0 Å². The van der Waals surface area contributed by atoms with E-state index >= 15 is 0 Å². The molecule has 1 N–H and O–H groups in total. The highest BCUT2D eigenvalue weighted by Crippen LogP contribution is 2.13. The molecule has 2 amide bonds. The molecule has 1 fully saturated rings. The Labute approximate surface area is 146 Å². The normalized spacial score (nSPS) is 17.4. The molecule has 2 heterocycles. The van der Waals surface area contributed by atoms with Gasteiger partial charge in [-0.15, -0.1) is 0 Å². The first-order chi connectivity index (χ1) is 12.2. The summed E-state index contributed by atoms with van der Waals surface area (Å²) in [5, 5.41) is 2.88. The predicted octanol–water partition coefficient (Wildman–Crippen LogP) is 1.17. The van der Waals surface area contributed by atoms with Crippen LogP contribution in [0.25, 0.3) is 0 Å². The summed E-state index contributed by atoms with van der Waals surface area (Å²) in [4.78, 5) is 30.6. The van der Waals surface area contributed by atoms with Gasteiger partial charge in [-0.3, -0.25) is 14.6 Å². The molecule has 1 aromatic heterocycles. The lowest BCUT2D eigenvalue weighted by Gasteiger charge is -2.34. The summed E-state index contributed by atoms with van der Waals surface area (Å²) >= 11 is 0. The van der Waals surface area contributed by atoms with Crippen LogP contribution in [0.4, 0.5) is 0 Å². The van der Waals surface area contributed by atoms with Gasteiger partial charge in [0.2, 0.25) is 11.8 Å². The summed E-state index contributed by atoms with van der Waals surface area (Å²) < 4.78 is 5.28. The molecule has 3 rings (SSSR count). The average Bonchev–Trinajstić information content (AvgIpc) is 2.65. The van der Waals surface area contributed by atoms with Crippen molar-refractivity contribution in [1.82, 2.24) is 15.2 Å². The highest BCUT2D eigenvalue weighted by molar-refractivity contribution is 5.89. The summed E-state index contributed by atoms with van der Waals surface area (Å²) in [6, 6.07) is 14.7. The maximum Gasteiger partial charge on any atom is 0.249 e. The minimum atomic E-state index is -0.606. The van der Waals surface area contributed by atoms with E-state index in [1.165, 1.54) is 0 Å². The summed E-state index contributed by atoms with van der Waals surface area (Å²) in [7, 11) is 0. The molecule has 0 aliphatic carbocycles. The maximum absolute atomic E-state index is 12.5. The fourth-order valence-electron chi connectivity index (χ4n) is 2.78. The van der Waals surface area contributed by atoms with Crippen LogP contribution in [0.2, 0.25) is 0 Å². The lowest BCUT2D eigenvalue weighted by Crippen LogP contribution is -2.56. The van der Waals surface area contributed by atoms with Crippen LogP contribution in [0.15, 0.2) is 54.7 Å². The highest BCUT2D eigenvalue weighted by atomic mass is 16.5. The van der Waals surface area contributed by atoms with Crippen molar-refractivity contribution in [2.45, 2.75) is 19.0 Å². The number of rotatable bonds is 6. The van der Waals surface area contributed by atoms with Crippen LogP contribution in [0.3, 0.4) is 0 Å². The van der Waals surface area contributed by atoms with Gasteiger partial charge in [0.15, 0.2) is 0 Å². The largest absolute Gasteiger partial charge is 0.369 e. The molecule has 0 saturated carbocycles. The molecule has 6 nitrogen and oxygen atoms in total. The van der Waals surface area contributed by atoms with E-state index in [1.54, 1.807) is 11.1 Å². The number of morpholine rings is 1. The Kier molecular flexibility index (Phi) is 5.74. The first kappa shape index (κ1) is 17.1. The minimum absolute atomic E-state index is 0.0184. The molecule has 0 spiro atoms. The molecule has 1 unspecified atom stereocenters. The second-order valence-corrected chi connectivity index (χ2v) is 5.90. The minimum Gasteiger partial charge on any atom is -0.369 e. The number of carbonyl (C=O) groups excluding carboxylic acids is 2. The number of nitrogens with one attached hydrogen (secondary N) is 1. The highest BCUT2D eigenvalue weighted by Gasteiger charge is 2.33. The summed E-state index contributed by atoms with van der Waals surface area (Å²) in [5.74, 6) is -0.361. The standard InChI is InChI=1S/C19H21N3O3/c23-18-14-25-13-17(22(18)12-15-6-2-1-3-7-15)19(24)21-11-9-16-8-4-5-10-20-16/h1-8,10,17H,9,11-14H2,(H,21,24). The van der Waals surface area contributed by atoms with Crippen molar-refractivity contribution in [3.05, 3.63) is 66.0 Å². The van der Waals surface area contributed by atoms with E-state index in [2.05, 4.69) is 10.3 Å².